The summed E-state index contributed by atoms with van der Waals surface area (Å²) in [5.41, 5.74) is 3.83. The van der Waals surface area contributed by atoms with Crippen LogP contribution in [0.5, 0.6) is 11.5 Å². The number of hydrogen-bond acceptors (Lipinski definition) is 6. The molecule has 0 heterocycles. The molecule has 0 saturated carbocycles. The lowest BCUT2D eigenvalue weighted by Crippen LogP contribution is -2.31. The molecule has 6 heteroatoms. The molecule has 0 N–H and O–H groups in total. The monoisotopic (exact) mass is 672 g/mol. The molecule has 0 radical (unpaired) electrons. The average molecular weight is 673 g/mol. The van der Waals surface area contributed by atoms with Crippen LogP contribution in [0.2, 0.25) is 0 Å². The first kappa shape index (κ1) is 36.3. The fourth-order valence-corrected chi connectivity index (χ4v) is 5.66. The van der Waals surface area contributed by atoms with E-state index in [2.05, 4.69) is 45.0 Å². The van der Waals surface area contributed by atoms with Gasteiger partial charge >= 0.3 is 5.97 Å². The average Bonchev–Trinajstić information content (AvgIpc) is 3.11. The molecule has 6 nitrogen and oxygen atoms in total. The van der Waals surface area contributed by atoms with Crippen LogP contribution in [0.3, 0.4) is 0 Å². The maximum Gasteiger partial charge on any atom is 0.341 e. The zero-order valence-electron chi connectivity index (χ0n) is 30.4. The predicted molar refractivity (Wildman–Crippen MR) is 201 cm³/mol. The fourth-order valence-electron chi connectivity index (χ4n) is 5.66. The Bertz CT molecular complexity index is 1930. The number of carbonyl (C=O) groups is 2. The summed E-state index contributed by atoms with van der Waals surface area (Å²) < 4.78 is 24.9. The van der Waals surface area contributed by atoms with Gasteiger partial charge in [0.2, 0.25) is 6.29 Å². The van der Waals surface area contributed by atoms with Gasteiger partial charge in [-0.15, -0.1) is 0 Å². The second-order valence-electron chi connectivity index (χ2n) is 13.9. The molecule has 0 aliphatic heterocycles. The predicted octanol–water partition coefficient (Wildman–Crippen LogP) is 11.3. The van der Waals surface area contributed by atoms with E-state index >= 15 is 0 Å². The smallest absolute Gasteiger partial charge is 0.341 e. The summed E-state index contributed by atoms with van der Waals surface area (Å²) in [6.07, 6.45) is 0.194. The molecule has 2 unspecified atom stereocenters. The quantitative estimate of drug-likeness (QED) is 0.0664. The van der Waals surface area contributed by atoms with Crippen molar-refractivity contribution in [1.29, 1.82) is 0 Å². The van der Waals surface area contributed by atoms with E-state index in [0.29, 0.717) is 22.6 Å². The van der Waals surface area contributed by atoms with Crippen LogP contribution in [0, 0.1) is 5.41 Å². The molecule has 50 heavy (non-hydrogen) atoms. The lowest BCUT2D eigenvalue weighted by atomic mass is 9.82. The van der Waals surface area contributed by atoms with Gasteiger partial charge in [0.25, 0.3) is 0 Å². The molecular formula is C44H48O6. The van der Waals surface area contributed by atoms with Gasteiger partial charge < -0.3 is 18.9 Å². The van der Waals surface area contributed by atoms with Crippen molar-refractivity contribution in [2.24, 2.45) is 5.41 Å². The van der Waals surface area contributed by atoms with Crippen molar-refractivity contribution in [1.82, 2.24) is 0 Å². The Labute approximate surface area is 296 Å². The lowest BCUT2D eigenvalue weighted by Gasteiger charge is -2.29. The zero-order chi connectivity index (χ0) is 36.1. The van der Waals surface area contributed by atoms with Crippen molar-refractivity contribution in [3.63, 3.8) is 0 Å². The molecule has 0 bridgehead atoms. The second kappa shape index (κ2) is 15.3. The van der Waals surface area contributed by atoms with Crippen molar-refractivity contribution in [3.05, 3.63) is 120 Å². The minimum Gasteiger partial charge on any atom is -0.465 e. The summed E-state index contributed by atoms with van der Waals surface area (Å²) in [5, 5.41) is 1.89. The number of Topliss-reactive ketones (excluding diaryl/α,β-unsaturated/α-hetero) is 1. The first-order valence-corrected chi connectivity index (χ1v) is 17.4. The normalized spacial score (nSPS) is 13.0. The van der Waals surface area contributed by atoms with E-state index in [1.165, 1.54) is 0 Å². The van der Waals surface area contributed by atoms with Crippen LogP contribution < -0.4 is 9.47 Å². The Kier molecular flexibility index (Phi) is 11.1. The largest absolute Gasteiger partial charge is 0.465 e. The van der Waals surface area contributed by atoms with Crippen LogP contribution >= 0.6 is 0 Å². The van der Waals surface area contributed by atoms with Crippen molar-refractivity contribution >= 4 is 22.5 Å². The fraction of sp³-hybridized carbons (Fsp3) is 0.318. The highest BCUT2D eigenvalue weighted by atomic mass is 16.7. The molecule has 260 valence electrons. The van der Waals surface area contributed by atoms with Gasteiger partial charge in [-0.25, -0.2) is 4.79 Å². The highest BCUT2D eigenvalue weighted by Gasteiger charge is 2.27. The van der Waals surface area contributed by atoms with Crippen molar-refractivity contribution in [3.8, 4) is 33.8 Å². The SMILES string of the molecule is CCC(C)(C)OC(C)Oc1cc2cc(-c3ccccc3)c(OC(C)OC(=O)c3ccc(C(=O)C(C)(C)CC)cc3)cc2cc1-c1ccccc1. The zero-order valence-corrected chi connectivity index (χ0v) is 30.4. The van der Waals surface area contributed by atoms with E-state index in [4.69, 9.17) is 18.9 Å². The van der Waals surface area contributed by atoms with Gasteiger partial charge in [0, 0.05) is 29.0 Å². The van der Waals surface area contributed by atoms with Crippen LogP contribution in [0.15, 0.2) is 109 Å². The van der Waals surface area contributed by atoms with Crippen LogP contribution in [0.4, 0.5) is 0 Å². The molecule has 5 aromatic carbocycles. The van der Waals surface area contributed by atoms with Crippen LogP contribution in [0.25, 0.3) is 33.0 Å². The highest BCUT2D eigenvalue weighted by Crippen LogP contribution is 2.41. The highest BCUT2D eigenvalue weighted by molar-refractivity contribution is 6.01. The van der Waals surface area contributed by atoms with E-state index in [9.17, 15) is 9.59 Å². The minimum atomic E-state index is -0.904. The van der Waals surface area contributed by atoms with E-state index < -0.39 is 24.0 Å². The molecule has 0 saturated heterocycles. The molecule has 0 spiro atoms. The number of esters is 1. The van der Waals surface area contributed by atoms with Gasteiger partial charge in [-0.1, -0.05) is 100 Å². The van der Waals surface area contributed by atoms with Gasteiger partial charge in [-0.2, -0.15) is 0 Å². The summed E-state index contributed by atoms with van der Waals surface area (Å²) in [6, 6.07) is 34.9. The van der Waals surface area contributed by atoms with Crippen LogP contribution in [0.1, 0.15) is 88.9 Å². The van der Waals surface area contributed by atoms with Crippen LogP contribution in [-0.4, -0.2) is 29.9 Å². The number of carbonyl (C=O) groups excluding carboxylic acids is 2. The minimum absolute atomic E-state index is 0.0405. The van der Waals surface area contributed by atoms with Gasteiger partial charge in [-0.3, -0.25) is 4.79 Å². The maximum absolute atomic E-state index is 13.2. The Morgan fingerprint density at radius 1 is 0.600 bits per heavy atom. The number of benzene rings is 5. The molecular weight excluding hydrogens is 624 g/mol. The van der Waals surface area contributed by atoms with E-state index in [1.807, 2.05) is 88.4 Å². The number of ether oxygens (including phenoxy) is 4. The third-order valence-electron chi connectivity index (χ3n) is 9.28. The number of fused-ring (bicyclic) bond motifs is 1. The van der Waals surface area contributed by atoms with Crippen LogP contribution in [-0.2, 0) is 9.47 Å². The summed E-state index contributed by atoms with van der Waals surface area (Å²) in [6.45, 7) is 15.7. The summed E-state index contributed by atoms with van der Waals surface area (Å²) in [7, 11) is 0. The van der Waals surface area contributed by atoms with Gasteiger partial charge in [0.05, 0.1) is 11.2 Å². The number of ketones is 1. The second-order valence-corrected chi connectivity index (χ2v) is 13.9. The molecule has 5 aromatic rings. The molecule has 5 rings (SSSR count). The Morgan fingerprint density at radius 2 is 1.06 bits per heavy atom. The maximum atomic E-state index is 13.2. The molecule has 0 aromatic heterocycles. The molecule has 0 amide bonds. The number of hydrogen-bond donors (Lipinski definition) is 0. The third-order valence-corrected chi connectivity index (χ3v) is 9.28. The topological polar surface area (TPSA) is 71.1 Å². The standard InChI is InChI=1S/C44H48O6/c1-9-43(5,6)41(45)33-21-23-34(24-22-33)42(46)49-29(3)47-39-27-35-26-38(32-19-15-12-16-20-32)40(48-30(4)50-44(7,8)10-2)28-36(35)25-37(39)31-17-13-11-14-18-31/h11-30H,9-10H2,1-8H3. The van der Waals surface area contributed by atoms with Gasteiger partial charge in [-0.05, 0) is 91.9 Å². The summed E-state index contributed by atoms with van der Waals surface area (Å²) in [4.78, 5) is 26.0. The summed E-state index contributed by atoms with van der Waals surface area (Å²) in [5.74, 6) is 0.785. The van der Waals surface area contributed by atoms with Gasteiger partial charge in [0.1, 0.15) is 11.5 Å². The third kappa shape index (κ3) is 8.61. The van der Waals surface area contributed by atoms with Crippen molar-refractivity contribution in [2.45, 2.75) is 86.4 Å². The molecule has 2 atom stereocenters. The molecule has 0 aliphatic carbocycles. The first-order valence-electron chi connectivity index (χ1n) is 17.4. The van der Waals surface area contributed by atoms with E-state index in [1.54, 1.807) is 31.2 Å². The first-order chi connectivity index (χ1) is 23.8. The van der Waals surface area contributed by atoms with E-state index in [-0.39, 0.29) is 11.4 Å². The Morgan fingerprint density at radius 3 is 1.52 bits per heavy atom. The van der Waals surface area contributed by atoms with Gasteiger partial charge in [0.15, 0.2) is 12.1 Å². The Balaban J connectivity index is 1.48. The lowest BCUT2D eigenvalue weighted by molar-refractivity contribution is -0.149. The van der Waals surface area contributed by atoms with E-state index in [0.717, 1.165) is 45.9 Å². The Hall–Kier alpha value is -4.94. The van der Waals surface area contributed by atoms with Crippen molar-refractivity contribution < 1.29 is 28.5 Å². The molecule has 0 fully saturated rings. The molecule has 0 aliphatic rings. The number of rotatable bonds is 14. The van der Waals surface area contributed by atoms with Crippen molar-refractivity contribution in [2.75, 3.05) is 0 Å². The summed E-state index contributed by atoms with van der Waals surface area (Å²) >= 11 is 0.